The number of para-hydroxylation sites is 2. The van der Waals surface area contributed by atoms with Gasteiger partial charge < -0.3 is 9.47 Å². The molecular weight excluding hydrogens is 905 g/mol. The molecule has 0 amide bonds. The third-order valence-corrected chi connectivity index (χ3v) is 16.2. The van der Waals surface area contributed by atoms with Crippen molar-refractivity contribution in [2.24, 2.45) is 0 Å². The first-order chi connectivity index (χ1) is 37.1. The Kier molecular flexibility index (Phi) is 13.4. The summed E-state index contributed by atoms with van der Waals surface area (Å²) in [4.78, 5) is 2.61. The van der Waals surface area contributed by atoms with E-state index in [1.165, 1.54) is 106 Å². The van der Waals surface area contributed by atoms with Crippen molar-refractivity contribution >= 4 is 50.9 Å². The van der Waals surface area contributed by atoms with Crippen LogP contribution in [-0.2, 0) is 18.3 Å². The molecule has 0 saturated carbocycles. The lowest BCUT2D eigenvalue weighted by Crippen LogP contribution is -2.33. The molecule has 0 spiro atoms. The molecular formula is C73H64N2. The average molecular weight is 969 g/mol. The Labute approximate surface area is 444 Å². The van der Waals surface area contributed by atoms with Gasteiger partial charge in [0.1, 0.15) is 0 Å². The zero-order valence-corrected chi connectivity index (χ0v) is 42.9. The van der Waals surface area contributed by atoms with Gasteiger partial charge in [-0.2, -0.15) is 0 Å². The van der Waals surface area contributed by atoms with Gasteiger partial charge in [0.25, 0.3) is 0 Å². The lowest BCUT2D eigenvalue weighted by atomic mass is 9.69. The molecule has 10 aromatic rings. The molecule has 0 aliphatic heterocycles. The van der Waals surface area contributed by atoms with Crippen molar-refractivity contribution in [3.8, 4) is 27.9 Å². The summed E-state index contributed by atoms with van der Waals surface area (Å²) < 4.78 is 2.39. The second-order valence-corrected chi connectivity index (χ2v) is 20.7. The number of anilines is 2. The molecule has 2 nitrogen and oxygen atoms in total. The highest BCUT2D eigenvalue weighted by Crippen LogP contribution is 2.57. The molecule has 0 radical (unpaired) electrons. The predicted octanol–water partition coefficient (Wildman–Crippen LogP) is 19.4. The third-order valence-electron chi connectivity index (χ3n) is 16.2. The van der Waals surface area contributed by atoms with Crippen LogP contribution in [0.5, 0.6) is 0 Å². The quantitative estimate of drug-likeness (QED) is 0.0778. The van der Waals surface area contributed by atoms with E-state index in [1.54, 1.807) is 0 Å². The number of unbranched alkanes of at least 4 members (excludes halogenated alkanes) is 2. The summed E-state index contributed by atoms with van der Waals surface area (Å²) in [5.41, 5.74) is 21.8. The Morgan fingerprint density at radius 2 is 1.03 bits per heavy atom. The molecule has 1 atom stereocenters. The fourth-order valence-electron chi connectivity index (χ4n) is 12.6. The van der Waals surface area contributed by atoms with Crippen LogP contribution in [0.15, 0.2) is 255 Å². The number of rotatable bonds is 18. The van der Waals surface area contributed by atoms with E-state index in [4.69, 9.17) is 0 Å². The summed E-state index contributed by atoms with van der Waals surface area (Å²) in [5, 5.41) is 2.52. The van der Waals surface area contributed by atoms with E-state index in [-0.39, 0.29) is 11.5 Å². The van der Waals surface area contributed by atoms with Gasteiger partial charge in [0.15, 0.2) is 0 Å². The van der Waals surface area contributed by atoms with Gasteiger partial charge >= 0.3 is 0 Å². The van der Waals surface area contributed by atoms with Gasteiger partial charge in [-0.3, -0.25) is 0 Å². The first-order valence-electron chi connectivity index (χ1n) is 27.2. The van der Waals surface area contributed by atoms with Crippen LogP contribution in [0.25, 0.3) is 67.5 Å². The molecule has 1 heterocycles. The number of nitrogens with zero attached hydrogens (tertiary/aromatic N) is 2. The highest BCUT2D eigenvalue weighted by atomic mass is 15.2. The largest absolute Gasteiger partial charge is 0.334 e. The van der Waals surface area contributed by atoms with Crippen LogP contribution in [-0.4, -0.2) is 10.6 Å². The van der Waals surface area contributed by atoms with Gasteiger partial charge in [0, 0.05) is 33.2 Å². The monoisotopic (exact) mass is 969 g/mol. The minimum atomic E-state index is -0.0952. The second kappa shape index (κ2) is 21.2. The predicted molar refractivity (Wildman–Crippen MR) is 321 cm³/mol. The van der Waals surface area contributed by atoms with Crippen LogP contribution < -0.4 is 4.90 Å². The van der Waals surface area contributed by atoms with Crippen LogP contribution in [0, 0.1) is 0 Å². The van der Waals surface area contributed by atoms with Crippen LogP contribution in [0.2, 0.25) is 0 Å². The number of aromatic nitrogens is 1. The molecule has 1 unspecified atom stereocenters. The van der Waals surface area contributed by atoms with Crippen LogP contribution in [0.1, 0.15) is 78.3 Å². The maximum atomic E-state index is 4.05. The first kappa shape index (κ1) is 47.5. The molecule has 9 aromatic carbocycles. The lowest BCUT2D eigenvalue weighted by Gasteiger charge is -2.38. The first-order valence-corrected chi connectivity index (χ1v) is 27.2. The van der Waals surface area contributed by atoms with E-state index >= 15 is 0 Å². The number of benzene rings is 9. The van der Waals surface area contributed by atoms with E-state index in [9.17, 15) is 0 Å². The summed E-state index contributed by atoms with van der Waals surface area (Å²) in [6.07, 6.45) is 19.1. The van der Waals surface area contributed by atoms with Crippen LogP contribution in [0.3, 0.4) is 0 Å². The van der Waals surface area contributed by atoms with Crippen LogP contribution in [0.4, 0.5) is 11.4 Å². The van der Waals surface area contributed by atoms with E-state index in [2.05, 4.69) is 259 Å². The van der Waals surface area contributed by atoms with Crippen molar-refractivity contribution in [1.82, 2.24) is 4.57 Å². The van der Waals surface area contributed by atoms with Crippen molar-refractivity contribution in [2.75, 3.05) is 4.90 Å². The SMILES string of the molecule is C=Cc1cccc(CCCCC2(CCCCc3cccc(C=C)c3)C3=CC(N(c4ccc(-c5ccccc5)cc4)c4ccc(-c5ccc6c(c5)c5ccccc5n6-c5ccccc5)cc4)CC=C3c3ccccc32)c1. The normalized spacial score (nSPS) is 14.5. The van der Waals surface area contributed by atoms with Crippen molar-refractivity contribution < 1.29 is 0 Å². The van der Waals surface area contributed by atoms with E-state index in [0.29, 0.717) is 0 Å². The fourth-order valence-corrected chi connectivity index (χ4v) is 12.6. The molecule has 0 bridgehead atoms. The molecule has 12 rings (SSSR count). The standard InChI is InChI=1S/C73H64N2/c1-3-53-23-19-25-55(49-53)21-15-17-47-73(48-18-16-22-56-26-20-24-54(4-2)50-56)69-33-13-11-31-65(69)66-45-44-64(52-70(66)73)74(62-40-35-58(36-41-62)57-27-7-5-8-28-57)63-42-37-59(38-43-63)60-39-46-72-68(51-60)67-32-12-14-34-71(67)75(72)61-29-9-6-10-30-61/h3-14,19-20,23-43,45-46,49-52,64H,1-2,15-18,21-22,44,47-48H2. The number of fused-ring (bicyclic) bond motifs is 6. The van der Waals surface area contributed by atoms with Crippen LogP contribution >= 0.6 is 0 Å². The van der Waals surface area contributed by atoms with Gasteiger partial charge in [0.05, 0.1) is 17.1 Å². The molecule has 0 saturated heterocycles. The zero-order valence-electron chi connectivity index (χ0n) is 42.9. The van der Waals surface area contributed by atoms with Gasteiger partial charge in [-0.05, 0) is 166 Å². The average Bonchev–Trinajstić information content (AvgIpc) is 3.96. The Balaban J connectivity index is 0.916. The summed E-state index contributed by atoms with van der Waals surface area (Å²) in [5.74, 6) is 0. The number of hydrogen-bond donors (Lipinski definition) is 0. The van der Waals surface area contributed by atoms with Crippen molar-refractivity contribution in [3.05, 3.63) is 289 Å². The fraction of sp³-hybridized carbons (Fsp3) is 0.151. The van der Waals surface area contributed by atoms with Gasteiger partial charge in [-0.25, -0.2) is 0 Å². The Bertz CT molecular complexity index is 3660. The molecule has 75 heavy (non-hydrogen) atoms. The van der Waals surface area contributed by atoms with Gasteiger partial charge in [0.2, 0.25) is 0 Å². The highest BCUT2D eigenvalue weighted by Gasteiger charge is 2.46. The smallest absolute Gasteiger partial charge is 0.0563 e. The summed E-state index contributed by atoms with van der Waals surface area (Å²) >= 11 is 0. The summed E-state index contributed by atoms with van der Waals surface area (Å²) in [6.45, 7) is 8.10. The summed E-state index contributed by atoms with van der Waals surface area (Å²) in [6, 6.07) is 83.2. The molecule has 2 aliphatic carbocycles. The Hall–Kier alpha value is -8.46. The van der Waals surface area contributed by atoms with E-state index < -0.39 is 0 Å². The Morgan fingerprint density at radius 1 is 0.480 bits per heavy atom. The minimum absolute atomic E-state index is 0.0952. The highest BCUT2D eigenvalue weighted by molar-refractivity contribution is 6.10. The van der Waals surface area contributed by atoms with E-state index in [0.717, 1.165) is 57.8 Å². The molecule has 1 aromatic heterocycles. The molecule has 0 fully saturated rings. The minimum Gasteiger partial charge on any atom is -0.334 e. The number of aryl methyl sites for hydroxylation is 2. The molecule has 2 heteroatoms. The van der Waals surface area contributed by atoms with Crippen molar-refractivity contribution in [2.45, 2.75) is 69.2 Å². The zero-order chi connectivity index (χ0) is 50.6. The topological polar surface area (TPSA) is 8.17 Å². The van der Waals surface area contributed by atoms with Crippen molar-refractivity contribution in [1.29, 1.82) is 0 Å². The molecule has 0 N–H and O–H groups in total. The maximum absolute atomic E-state index is 4.05. The van der Waals surface area contributed by atoms with Gasteiger partial charge in [-0.15, -0.1) is 0 Å². The lowest BCUT2D eigenvalue weighted by molar-refractivity contribution is 0.405. The Morgan fingerprint density at radius 3 is 1.68 bits per heavy atom. The molecule has 366 valence electrons. The van der Waals surface area contributed by atoms with Crippen molar-refractivity contribution in [3.63, 3.8) is 0 Å². The number of allylic oxidation sites excluding steroid dienone is 2. The van der Waals surface area contributed by atoms with E-state index in [1.807, 2.05) is 12.2 Å². The second-order valence-electron chi connectivity index (χ2n) is 20.7. The summed E-state index contributed by atoms with van der Waals surface area (Å²) in [7, 11) is 0. The maximum Gasteiger partial charge on any atom is 0.0563 e. The number of hydrogen-bond acceptors (Lipinski definition) is 1. The molecule has 2 aliphatic rings. The third kappa shape index (κ3) is 9.43. The van der Waals surface area contributed by atoms with Gasteiger partial charge in [-0.1, -0.05) is 220 Å².